The van der Waals surface area contributed by atoms with Crippen molar-refractivity contribution in [3.05, 3.63) is 42.2 Å². The van der Waals surface area contributed by atoms with E-state index in [1.165, 1.54) is 0 Å². The molecule has 0 N–H and O–H groups in total. The van der Waals surface area contributed by atoms with Crippen LogP contribution in [0, 0.1) is 12.3 Å². The molecule has 0 aliphatic heterocycles. The molecule has 0 bridgehead atoms. The van der Waals surface area contributed by atoms with E-state index in [2.05, 4.69) is 17.5 Å². The zero-order valence-corrected chi connectivity index (χ0v) is 23.8. The highest BCUT2D eigenvalue weighted by molar-refractivity contribution is 5.25. The summed E-state index contributed by atoms with van der Waals surface area (Å²) in [6.45, 7) is 13.8. The Morgan fingerprint density at radius 3 is 1.25 bits per heavy atom. The molecule has 0 saturated carbocycles. The topological polar surface area (TPSA) is 105 Å². The Kier molecular flexibility index (Phi) is 27.1. The number of aromatic nitrogens is 1. The van der Waals surface area contributed by atoms with Gasteiger partial charge < -0.3 is 47.4 Å². The summed E-state index contributed by atoms with van der Waals surface area (Å²) >= 11 is 0. The van der Waals surface area contributed by atoms with Gasteiger partial charge in [-0.15, -0.1) is 13.0 Å². The van der Waals surface area contributed by atoms with Crippen molar-refractivity contribution >= 4 is 0 Å². The van der Waals surface area contributed by atoms with Gasteiger partial charge in [0, 0.05) is 0 Å². The largest absolute Gasteiger partial charge is 0.377 e. The molecule has 11 nitrogen and oxygen atoms in total. The molecule has 1 heterocycles. The van der Waals surface area contributed by atoms with Gasteiger partial charge in [-0.05, 0) is 12.1 Å². The molecule has 1 aromatic heterocycles. The highest BCUT2D eigenvalue weighted by Crippen LogP contribution is 2.00. The van der Waals surface area contributed by atoms with Crippen LogP contribution in [0.2, 0.25) is 0 Å². The Labute approximate surface area is 239 Å². The number of nitrogens with zero attached hydrogens (tertiary/aromatic N) is 1. The van der Waals surface area contributed by atoms with Crippen molar-refractivity contribution in [2.24, 2.45) is 0 Å². The maximum atomic E-state index is 5.52. The van der Waals surface area contributed by atoms with E-state index >= 15 is 0 Å². The average molecular weight is 570 g/mol. The van der Waals surface area contributed by atoms with Crippen molar-refractivity contribution in [1.82, 2.24) is 4.98 Å². The Bertz CT molecular complexity index is 731. The Balaban J connectivity index is 1.66. The van der Waals surface area contributed by atoms with Gasteiger partial charge in [-0.2, -0.15) is 0 Å². The van der Waals surface area contributed by atoms with Crippen molar-refractivity contribution in [3.63, 3.8) is 0 Å². The second kappa shape index (κ2) is 30.0. The second-order valence-electron chi connectivity index (χ2n) is 7.97. The van der Waals surface area contributed by atoms with E-state index in [-0.39, 0.29) is 0 Å². The molecule has 0 atom stereocenters. The fourth-order valence-corrected chi connectivity index (χ4v) is 2.86. The molecule has 0 radical (unpaired) electrons. The van der Waals surface area contributed by atoms with Crippen LogP contribution in [0.3, 0.4) is 0 Å². The molecule has 228 valence electrons. The van der Waals surface area contributed by atoms with Crippen LogP contribution in [0.25, 0.3) is 0 Å². The quantitative estimate of drug-likeness (QED) is 0.0744. The van der Waals surface area contributed by atoms with Gasteiger partial charge in [0.25, 0.3) is 0 Å². The van der Waals surface area contributed by atoms with Gasteiger partial charge in [0.1, 0.15) is 5.69 Å². The van der Waals surface area contributed by atoms with Crippen LogP contribution in [0.1, 0.15) is 11.4 Å². The first-order chi connectivity index (χ1) is 19.9. The maximum absolute atomic E-state index is 5.52. The van der Waals surface area contributed by atoms with Gasteiger partial charge >= 0.3 is 0 Å². The van der Waals surface area contributed by atoms with Crippen molar-refractivity contribution in [2.75, 3.05) is 126 Å². The molecule has 11 heteroatoms. The van der Waals surface area contributed by atoms with E-state index in [1.807, 2.05) is 12.1 Å². The lowest BCUT2D eigenvalue weighted by Gasteiger charge is -2.09. The summed E-state index contributed by atoms with van der Waals surface area (Å²) in [6, 6.07) is 5.53. The zero-order valence-electron chi connectivity index (χ0n) is 23.8. The van der Waals surface area contributed by atoms with Gasteiger partial charge in [0.05, 0.1) is 138 Å². The van der Waals surface area contributed by atoms with Crippen LogP contribution in [0.5, 0.6) is 0 Å². The maximum Gasteiger partial charge on any atom is 0.113 e. The third-order valence-corrected chi connectivity index (χ3v) is 4.79. The first-order valence-corrected chi connectivity index (χ1v) is 13.7. The summed E-state index contributed by atoms with van der Waals surface area (Å²) in [6.07, 6.45) is 7.05. The number of rotatable bonds is 31. The minimum Gasteiger partial charge on any atom is -0.377 e. The van der Waals surface area contributed by atoms with Crippen molar-refractivity contribution in [3.8, 4) is 12.3 Å². The number of ether oxygens (including phenoxy) is 10. The molecule has 0 amide bonds. The predicted octanol–water partition coefficient (Wildman–Crippen LogP) is 1.91. The average Bonchev–Trinajstić information content (AvgIpc) is 2.98. The molecule has 0 fully saturated rings. The third-order valence-electron chi connectivity index (χ3n) is 4.79. The molecule has 0 unspecified atom stereocenters. The summed E-state index contributed by atoms with van der Waals surface area (Å²) in [4.78, 5) is 4.27. The number of hydrogen-bond acceptors (Lipinski definition) is 11. The van der Waals surface area contributed by atoms with Crippen LogP contribution in [-0.2, 0) is 54.0 Å². The summed E-state index contributed by atoms with van der Waals surface area (Å²) in [5.74, 6) is 2.51. The van der Waals surface area contributed by atoms with Crippen molar-refractivity contribution in [1.29, 1.82) is 0 Å². The lowest BCUT2D eigenvalue weighted by molar-refractivity contribution is -0.0264. The first kappa shape index (κ1) is 36.1. The van der Waals surface area contributed by atoms with E-state index in [0.29, 0.717) is 138 Å². The van der Waals surface area contributed by atoms with Crippen LogP contribution in [0.4, 0.5) is 0 Å². The van der Waals surface area contributed by atoms with E-state index in [9.17, 15) is 0 Å². The molecule has 1 aromatic rings. The van der Waals surface area contributed by atoms with Gasteiger partial charge in [-0.1, -0.05) is 18.1 Å². The smallest absolute Gasteiger partial charge is 0.113 e. The standard InChI is InChI=1S/C29H47NO10/c1-3-8-31-9-10-32-11-12-33-13-14-34-15-16-35-17-18-36-19-20-37-21-22-38-23-24-39-25-26-40-27-29-7-5-6-28(4-2)30-29/h2-3,5-7H,1,8-27H2. The Morgan fingerprint density at radius 1 is 0.550 bits per heavy atom. The number of terminal acetylenes is 1. The van der Waals surface area contributed by atoms with Crippen LogP contribution in [0.15, 0.2) is 30.9 Å². The fourth-order valence-electron chi connectivity index (χ4n) is 2.86. The molecule has 0 saturated heterocycles. The second-order valence-corrected chi connectivity index (χ2v) is 7.97. The lowest BCUT2D eigenvalue weighted by atomic mass is 10.3. The van der Waals surface area contributed by atoms with Crippen LogP contribution in [-0.4, -0.2) is 131 Å². The molecule has 0 aromatic carbocycles. The van der Waals surface area contributed by atoms with Gasteiger partial charge in [-0.25, -0.2) is 4.98 Å². The molecule has 0 aliphatic carbocycles. The van der Waals surface area contributed by atoms with E-state index in [4.69, 9.17) is 53.8 Å². The Morgan fingerprint density at radius 2 is 0.900 bits per heavy atom. The summed E-state index contributed by atoms with van der Waals surface area (Å²) in [5, 5.41) is 0. The van der Waals surface area contributed by atoms with E-state index in [1.54, 1.807) is 12.1 Å². The normalized spacial score (nSPS) is 11.1. The minimum absolute atomic E-state index is 0.404. The summed E-state index contributed by atoms with van der Waals surface area (Å²) in [5.41, 5.74) is 1.41. The third kappa shape index (κ3) is 25.0. The van der Waals surface area contributed by atoms with Crippen molar-refractivity contribution < 1.29 is 47.4 Å². The fraction of sp³-hybridized carbons (Fsp3) is 0.690. The molecular weight excluding hydrogens is 522 g/mol. The summed E-state index contributed by atoms with van der Waals surface area (Å²) < 4.78 is 54.3. The first-order valence-electron chi connectivity index (χ1n) is 13.7. The van der Waals surface area contributed by atoms with Crippen LogP contribution >= 0.6 is 0 Å². The zero-order chi connectivity index (χ0) is 28.6. The molecule has 0 aliphatic rings. The molecular formula is C29H47NO10. The SMILES string of the molecule is C#Cc1cccc(COCCOCCOCCOCCOCCOCCOCCOCCOCCOCC=C)n1. The number of pyridine rings is 1. The van der Waals surface area contributed by atoms with Gasteiger partial charge in [-0.3, -0.25) is 0 Å². The number of hydrogen-bond donors (Lipinski definition) is 0. The molecule has 40 heavy (non-hydrogen) atoms. The van der Waals surface area contributed by atoms with Crippen LogP contribution < -0.4 is 0 Å². The highest BCUT2D eigenvalue weighted by Gasteiger charge is 1.98. The van der Waals surface area contributed by atoms with Crippen molar-refractivity contribution in [2.45, 2.75) is 6.61 Å². The van der Waals surface area contributed by atoms with Gasteiger partial charge in [0.15, 0.2) is 0 Å². The Hall–Kier alpha value is -1.95. The van der Waals surface area contributed by atoms with Gasteiger partial charge in [0.2, 0.25) is 0 Å². The predicted molar refractivity (Wildman–Crippen MR) is 149 cm³/mol. The highest BCUT2D eigenvalue weighted by atomic mass is 16.6. The van der Waals surface area contributed by atoms with E-state index in [0.717, 1.165) is 5.69 Å². The summed E-state index contributed by atoms with van der Waals surface area (Å²) in [7, 11) is 0. The molecule has 1 rings (SSSR count). The molecule has 0 spiro atoms. The monoisotopic (exact) mass is 569 g/mol. The lowest BCUT2D eigenvalue weighted by Crippen LogP contribution is -2.15. The minimum atomic E-state index is 0.404. The van der Waals surface area contributed by atoms with E-state index < -0.39 is 0 Å².